The van der Waals surface area contributed by atoms with Crippen molar-refractivity contribution < 1.29 is 9.53 Å². The number of carbonyl (C=O) groups is 1. The third kappa shape index (κ3) is 4.85. The minimum absolute atomic E-state index is 0.0845. The number of carbonyl (C=O) groups excluding carboxylic acids is 1. The average Bonchev–Trinajstić information content (AvgIpc) is 2.67. The van der Waals surface area contributed by atoms with Crippen LogP contribution in [0, 0.1) is 0 Å². The molecule has 3 nitrogen and oxygen atoms in total. The zero-order valence-electron chi connectivity index (χ0n) is 15.3. The SMILES string of the molecule is C[C@H](Oc1ccc2ccccc2c1)C(=O)N[C@@H](C)CCc1ccccc1. The van der Waals surface area contributed by atoms with Gasteiger partial charge in [-0.1, -0.05) is 60.7 Å². The molecule has 0 bridgehead atoms. The van der Waals surface area contributed by atoms with E-state index in [-0.39, 0.29) is 11.9 Å². The number of hydrogen-bond donors (Lipinski definition) is 1. The van der Waals surface area contributed by atoms with Gasteiger partial charge in [0, 0.05) is 6.04 Å². The highest BCUT2D eigenvalue weighted by atomic mass is 16.5. The molecule has 0 aromatic heterocycles. The molecule has 0 aliphatic rings. The predicted molar refractivity (Wildman–Crippen MR) is 106 cm³/mol. The maximum absolute atomic E-state index is 12.4. The summed E-state index contributed by atoms with van der Waals surface area (Å²) in [4.78, 5) is 12.4. The van der Waals surface area contributed by atoms with Crippen molar-refractivity contribution in [3.63, 3.8) is 0 Å². The van der Waals surface area contributed by atoms with Crippen molar-refractivity contribution in [2.24, 2.45) is 0 Å². The van der Waals surface area contributed by atoms with Crippen LogP contribution in [0.5, 0.6) is 5.75 Å². The van der Waals surface area contributed by atoms with Crippen LogP contribution in [0.4, 0.5) is 0 Å². The van der Waals surface area contributed by atoms with Crippen molar-refractivity contribution in [2.75, 3.05) is 0 Å². The number of rotatable bonds is 7. The molecule has 0 radical (unpaired) electrons. The topological polar surface area (TPSA) is 38.3 Å². The molecule has 0 saturated carbocycles. The molecule has 0 aliphatic carbocycles. The van der Waals surface area contributed by atoms with Gasteiger partial charge in [0.2, 0.25) is 0 Å². The van der Waals surface area contributed by atoms with E-state index in [1.807, 2.05) is 61.5 Å². The molecule has 134 valence electrons. The third-order valence-corrected chi connectivity index (χ3v) is 4.50. The Bertz CT molecular complexity index is 860. The van der Waals surface area contributed by atoms with E-state index >= 15 is 0 Å². The molecule has 0 spiro atoms. The second kappa shape index (κ2) is 8.52. The van der Waals surface area contributed by atoms with Gasteiger partial charge < -0.3 is 10.1 Å². The van der Waals surface area contributed by atoms with Crippen LogP contribution in [0.3, 0.4) is 0 Å². The van der Waals surface area contributed by atoms with Crippen LogP contribution in [0.2, 0.25) is 0 Å². The van der Waals surface area contributed by atoms with Crippen LogP contribution < -0.4 is 10.1 Å². The van der Waals surface area contributed by atoms with E-state index in [0.29, 0.717) is 5.75 Å². The van der Waals surface area contributed by atoms with Gasteiger partial charge in [-0.25, -0.2) is 0 Å². The van der Waals surface area contributed by atoms with E-state index in [2.05, 4.69) is 23.5 Å². The lowest BCUT2D eigenvalue weighted by molar-refractivity contribution is -0.127. The lowest BCUT2D eigenvalue weighted by Gasteiger charge is -2.19. The van der Waals surface area contributed by atoms with Crippen LogP contribution in [-0.2, 0) is 11.2 Å². The maximum Gasteiger partial charge on any atom is 0.260 e. The summed E-state index contributed by atoms with van der Waals surface area (Å²) in [5.41, 5.74) is 1.29. The molecule has 26 heavy (non-hydrogen) atoms. The molecule has 0 heterocycles. The van der Waals surface area contributed by atoms with Crippen LogP contribution in [0.1, 0.15) is 25.8 Å². The summed E-state index contributed by atoms with van der Waals surface area (Å²) < 4.78 is 5.84. The Kier molecular flexibility index (Phi) is 5.90. The van der Waals surface area contributed by atoms with Crippen molar-refractivity contribution in [2.45, 2.75) is 38.8 Å². The average molecular weight is 347 g/mol. The molecule has 3 aromatic rings. The normalized spacial score (nSPS) is 13.2. The molecule has 1 N–H and O–H groups in total. The van der Waals surface area contributed by atoms with Crippen LogP contribution in [0.25, 0.3) is 10.8 Å². The van der Waals surface area contributed by atoms with Gasteiger partial charge in [-0.05, 0) is 55.2 Å². The predicted octanol–water partition coefficient (Wildman–Crippen LogP) is 4.74. The van der Waals surface area contributed by atoms with Gasteiger partial charge in [0.1, 0.15) is 5.75 Å². The lowest BCUT2D eigenvalue weighted by Crippen LogP contribution is -2.41. The van der Waals surface area contributed by atoms with E-state index in [0.717, 1.165) is 23.6 Å². The number of fused-ring (bicyclic) bond motifs is 1. The van der Waals surface area contributed by atoms with Crippen molar-refractivity contribution in [1.29, 1.82) is 0 Å². The van der Waals surface area contributed by atoms with Crippen molar-refractivity contribution in [1.82, 2.24) is 5.32 Å². The molecule has 0 saturated heterocycles. The molecule has 3 heteroatoms. The fraction of sp³-hybridized carbons (Fsp3) is 0.261. The number of ether oxygens (including phenoxy) is 1. The molecular weight excluding hydrogens is 322 g/mol. The van der Waals surface area contributed by atoms with Gasteiger partial charge in [-0.15, -0.1) is 0 Å². The second-order valence-corrected chi connectivity index (χ2v) is 6.70. The second-order valence-electron chi connectivity index (χ2n) is 6.70. The molecular formula is C23H25NO2. The zero-order chi connectivity index (χ0) is 18.4. The Morgan fingerprint density at radius 2 is 1.62 bits per heavy atom. The lowest BCUT2D eigenvalue weighted by atomic mass is 10.1. The maximum atomic E-state index is 12.4. The Morgan fingerprint density at radius 1 is 0.923 bits per heavy atom. The molecule has 0 unspecified atom stereocenters. The number of amides is 1. The number of benzene rings is 3. The van der Waals surface area contributed by atoms with E-state index < -0.39 is 6.10 Å². The molecule has 0 aliphatic heterocycles. The highest BCUT2D eigenvalue weighted by Gasteiger charge is 2.17. The summed E-state index contributed by atoms with van der Waals surface area (Å²) in [6.45, 7) is 3.82. The van der Waals surface area contributed by atoms with Crippen molar-refractivity contribution >= 4 is 16.7 Å². The minimum Gasteiger partial charge on any atom is -0.481 e. The Morgan fingerprint density at radius 3 is 2.38 bits per heavy atom. The molecule has 0 fully saturated rings. The summed E-state index contributed by atoms with van der Waals surface area (Å²) in [5, 5.41) is 5.31. The van der Waals surface area contributed by atoms with Gasteiger partial charge in [0.05, 0.1) is 0 Å². The standard InChI is InChI=1S/C23H25NO2/c1-17(12-13-19-8-4-3-5-9-19)24-23(25)18(2)26-22-15-14-20-10-6-7-11-21(20)16-22/h3-11,14-18H,12-13H2,1-2H3,(H,24,25)/t17-,18-/m0/s1. The Balaban J connectivity index is 1.51. The molecule has 1 amide bonds. The van der Waals surface area contributed by atoms with Crippen molar-refractivity contribution in [3.8, 4) is 5.75 Å². The highest BCUT2D eigenvalue weighted by Crippen LogP contribution is 2.21. The summed E-state index contributed by atoms with van der Waals surface area (Å²) >= 11 is 0. The molecule has 3 aromatic carbocycles. The first-order valence-corrected chi connectivity index (χ1v) is 9.11. The zero-order valence-corrected chi connectivity index (χ0v) is 15.3. The largest absolute Gasteiger partial charge is 0.481 e. The van der Waals surface area contributed by atoms with E-state index in [4.69, 9.17) is 4.74 Å². The fourth-order valence-corrected chi connectivity index (χ4v) is 2.96. The third-order valence-electron chi connectivity index (χ3n) is 4.50. The van der Waals surface area contributed by atoms with Crippen LogP contribution >= 0.6 is 0 Å². The quantitative estimate of drug-likeness (QED) is 0.670. The Hall–Kier alpha value is -2.81. The first kappa shape index (κ1) is 18.0. The fourth-order valence-electron chi connectivity index (χ4n) is 2.96. The highest BCUT2D eigenvalue weighted by molar-refractivity contribution is 5.84. The summed E-state index contributed by atoms with van der Waals surface area (Å²) in [6, 6.07) is 24.4. The van der Waals surface area contributed by atoms with E-state index in [9.17, 15) is 4.79 Å². The molecule has 2 atom stereocenters. The van der Waals surface area contributed by atoms with Gasteiger partial charge >= 0.3 is 0 Å². The van der Waals surface area contributed by atoms with Gasteiger partial charge in [-0.2, -0.15) is 0 Å². The van der Waals surface area contributed by atoms with Crippen LogP contribution in [0.15, 0.2) is 72.8 Å². The Labute approximate surface area is 155 Å². The van der Waals surface area contributed by atoms with E-state index in [1.165, 1.54) is 5.56 Å². The number of nitrogens with one attached hydrogen (secondary N) is 1. The van der Waals surface area contributed by atoms with Gasteiger partial charge in [-0.3, -0.25) is 4.79 Å². The first-order chi connectivity index (χ1) is 12.6. The summed E-state index contributed by atoms with van der Waals surface area (Å²) in [5.74, 6) is 0.627. The number of hydrogen-bond acceptors (Lipinski definition) is 2. The van der Waals surface area contributed by atoms with Gasteiger partial charge in [0.15, 0.2) is 6.10 Å². The van der Waals surface area contributed by atoms with Crippen LogP contribution in [-0.4, -0.2) is 18.1 Å². The monoisotopic (exact) mass is 347 g/mol. The first-order valence-electron chi connectivity index (χ1n) is 9.11. The van der Waals surface area contributed by atoms with Gasteiger partial charge in [0.25, 0.3) is 5.91 Å². The van der Waals surface area contributed by atoms with E-state index in [1.54, 1.807) is 6.92 Å². The molecule has 3 rings (SSSR count). The summed E-state index contributed by atoms with van der Waals surface area (Å²) in [7, 11) is 0. The minimum atomic E-state index is -0.532. The smallest absolute Gasteiger partial charge is 0.260 e. The van der Waals surface area contributed by atoms with Crippen molar-refractivity contribution in [3.05, 3.63) is 78.4 Å². The summed E-state index contributed by atoms with van der Waals surface area (Å²) in [6.07, 6.45) is 1.32. The number of aryl methyl sites for hydroxylation is 1.